The monoisotopic (exact) mass is 286 g/mol. The van der Waals surface area contributed by atoms with E-state index in [0.717, 1.165) is 11.1 Å². The molecule has 0 fully saturated rings. The quantitative estimate of drug-likeness (QED) is 0.887. The molecule has 2 aromatic rings. The molecule has 3 nitrogen and oxygen atoms in total. The van der Waals surface area contributed by atoms with Crippen LogP contribution in [0.25, 0.3) is 0 Å². The lowest BCUT2D eigenvalue weighted by atomic mass is 10.0. The number of benzene rings is 2. The van der Waals surface area contributed by atoms with E-state index in [-0.39, 0.29) is 11.9 Å². The van der Waals surface area contributed by atoms with Crippen LogP contribution in [0.1, 0.15) is 40.0 Å². The zero-order chi connectivity index (χ0) is 15.4. The second-order valence-electron chi connectivity index (χ2n) is 5.13. The average molecular weight is 286 g/mol. The van der Waals surface area contributed by atoms with Crippen molar-refractivity contribution in [2.75, 3.05) is 0 Å². The van der Waals surface area contributed by atoms with E-state index >= 15 is 0 Å². The van der Waals surface area contributed by atoms with Gasteiger partial charge in [0.25, 0.3) is 0 Å². The third-order valence-electron chi connectivity index (χ3n) is 3.60. The third kappa shape index (κ3) is 3.67. The van der Waals surface area contributed by atoms with Gasteiger partial charge < -0.3 is 11.1 Å². The van der Waals surface area contributed by atoms with E-state index in [1.807, 2.05) is 26.0 Å². The number of hydrogen-bond acceptors (Lipinski definition) is 2. The van der Waals surface area contributed by atoms with Crippen LogP contribution < -0.4 is 11.1 Å². The summed E-state index contributed by atoms with van der Waals surface area (Å²) in [6.45, 7) is 4.45. The molecule has 21 heavy (non-hydrogen) atoms. The molecule has 0 aliphatic rings. The smallest absolute Gasteiger partial charge is 0.248 e. The van der Waals surface area contributed by atoms with Crippen LogP contribution in [0.2, 0.25) is 0 Å². The maximum absolute atomic E-state index is 13.7. The third-order valence-corrected chi connectivity index (χ3v) is 3.60. The summed E-state index contributed by atoms with van der Waals surface area (Å²) in [5, 5.41) is 3.29. The Morgan fingerprint density at radius 3 is 2.62 bits per heavy atom. The molecule has 0 spiro atoms. The summed E-state index contributed by atoms with van der Waals surface area (Å²) in [7, 11) is 0. The van der Waals surface area contributed by atoms with Gasteiger partial charge in [0.2, 0.25) is 5.91 Å². The maximum atomic E-state index is 13.7. The van der Waals surface area contributed by atoms with Gasteiger partial charge in [0, 0.05) is 23.7 Å². The van der Waals surface area contributed by atoms with E-state index < -0.39 is 5.91 Å². The predicted molar refractivity (Wildman–Crippen MR) is 81.4 cm³/mol. The molecule has 0 aliphatic carbocycles. The van der Waals surface area contributed by atoms with Crippen molar-refractivity contribution in [3.05, 3.63) is 70.5 Å². The summed E-state index contributed by atoms with van der Waals surface area (Å²) in [5.41, 5.74) is 8.44. The van der Waals surface area contributed by atoms with E-state index in [2.05, 4.69) is 5.32 Å². The van der Waals surface area contributed by atoms with Crippen molar-refractivity contribution in [2.24, 2.45) is 5.73 Å². The summed E-state index contributed by atoms with van der Waals surface area (Å²) < 4.78 is 13.7. The topological polar surface area (TPSA) is 55.1 Å². The Balaban J connectivity index is 2.06. The van der Waals surface area contributed by atoms with Gasteiger partial charge in [0.05, 0.1) is 0 Å². The van der Waals surface area contributed by atoms with Gasteiger partial charge in [0.15, 0.2) is 0 Å². The Morgan fingerprint density at radius 2 is 2.00 bits per heavy atom. The number of primary amides is 1. The molecule has 110 valence electrons. The molecule has 0 radical (unpaired) electrons. The summed E-state index contributed by atoms with van der Waals surface area (Å²) >= 11 is 0. The van der Waals surface area contributed by atoms with Crippen molar-refractivity contribution in [3.8, 4) is 0 Å². The number of nitrogens with two attached hydrogens (primary N) is 1. The lowest BCUT2D eigenvalue weighted by Crippen LogP contribution is -2.20. The molecular weight excluding hydrogens is 267 g/mol. The Bertz CT molecular complexity index is 655. The molecule has 0 heterocycles. The van der Waals surface area contributed by atoms with Crippen molar-refractivity contribution in [1.82, 2.24) is 5.32 Å². The fraction of sp³-hybridized carbons (Fsp3) is 0.235. The second-order valence-corrected chi connectivity index (χ2v) is 5.13. The standard InChI is InChI=1S/C17H19FN2O/c1-11-9-13(17(19)21)7-8-14(11)10-20-12(2)15-5-3-4-6-16(15)18/h3-9,12,20H,10H2,1-2H3,(H2,19,21)/t12-/m1/s1. The van der Waals surface area contributed by atoms with Crippen LogP contribution in [0, 0.1) is 12.7 Å². The van der Waals surface area contributed by atoms with E-state index in [1.54, 1.807) is 24.3 Å². The average Bonchev–Trinajstić information content (AvgIpc) is 2.46. The molecule has 1 amide bonds. The van der Waals surface area contributed by atoms with Crippen LogP contribution in [0.15, 0.2) is 42.5 Å². The number of rotatable bonds is 5. The number of halogens is 1. The molecule has 2 aromatic carbocycles. The van der Waals surface area contributed by atoms with E-state index in [1.165, 1.54) is 6.07 Å². The number of nitrogens with one attached hydrogen (secondary N) is 1. The highest BCUT2D eigenvalue weighted by atomic mass is 19.1. The highest BCUT2D eigenvalue weighted by Crippen LogP contribution is 2.18. The molecule has 2 rings (SSSR count). The van der Waals surface area contributed by atoms with Gasteiger partial charge in [-0.25, -0.2) is 4.39 Å². The van der Waals surface area contributed by atoms with Crippen LogP contribution in [0.3, 0.4) is 0 Å². The van der Waals surface area contributed by atoms with Crippen molar-refractivity contribution in [1.29, 1.82) is 0 Å². The lowest BCUT2D eigenvalue weighted by Gasteiger charge is -2.16. The van der Waals surface area contributed by atoms with E-state index in [0.29, 0.717) is 17.7 Å². The summed E-state index contributed by atoms with van der Waals surface area (Å²) in [6, 6.07) is 12.0. The van der Waals surface area contributed by atoms with Crippen LogP contribution in [0.4, 0.5) is 4.39 Å². The highest BCUT2D eigenvalue weighted by molar-refractivity contribution is 5.93. The number of carbonyl (C=O) groups excluding carboxylic acids is 1. The number of carbonyl (C=O) groups is 1. The fourth-order valence-electron chi connectivity index (χ4n) is 2.25. The summed E-state index contributed by atoms with van der Waals surface area (Å²) in [6.07, 6.45) is 0. The maximum Gasteiger partial charge on any atom is 0.248 e. The van der Waals surface area contributed by atoms with Crippen LogP contribution >= 0.6 is 0 Å². The molecule has 0 unspecified atom stereocenters. The van der Waals surface area contributed by atoms with E-state index in [9.17, 15) is 9.18 Å². The zero-order valence-corrected chi connectivity index (χ0v) is 12.2. The van der Waals surface area contributed by atoms with Crippen LogP contribution in [-0.4, -0.2) is 5.91 Å². The van der Waals surface area contributed by atoms with Crippen molar-refractivity contribution in [2.45, 2.75) is 26.4 Å². The minimum atomic E-state index is -0.433. The van der Waals surface area contributed by atoms with Crippen molar-refractivity contribution < 1.29 is 9.18 Å². The van der Waals surface area contributed by atoms with Crippen molar-refractivity contribution >= 4 is 5.91 Å². The Morgan fingerprint density at radius 1 is 1.29 bits per heavy atom. The van der Waals surface area contributed by atoms with Crippen molar-refractivity contribution in [3.63, 3.8) is 0 Å². The molecule has 0 saturated carbocycles. The van der Waals surface area contributed by atoms with E-state index in [4.69, 9.17) is 5.73 Å². The molecule has 0 aliphatic heterocycles. The van der Waals surface area contributed by atoms with Gasteiger partial charge in [-0.05, 0) is 43.2 Å². The van der Waals surface area contributed by atoms with Gasteiger partial charge in [-0.3, -0.25) is 4.79 Å². The second kappa shape index (κ2) is 6.50. The first kappa shape index (κ1) is 15.2. The Hall–Kier alpha value is -2.20. The normalized spacial score (nSPS) is 12.1. The number of aryl methyl sites for hydroxylation is 1. The van der Waals surface area contributed by atoms with Crippen LogP contribution in [-0.2, 0) is 6.54 Å². The molecule has 1 atom stereocenters. The molecular formula is C17H19FN2O. The van der Waals surface area contributed by atoms with Gasteiger partial charge in [-0.2, -0.15) is 0 Å². The predicted octanol–water partition coefficient (Wildman–Crippen LogP) is 3.08. The summed E-state index contributed by atoms with van der Waals surface area (Å²) in [5.74, 6) is -0.643. The Kier molecular flexibility index (Phi) is 4.70. The summed E-state index contributed by atoms with van der Waals surface area (Å²) in [4.78, 5) is 11.1. The molecule has 0 saturated heterocycles. The minimum absolute atomic E-state index is 0.0959. The number of hydrogen-bond donors (Lipinski definition) is 2. The SMILES string of the molecule is Cc1cc(C(N)=O)ccc1CN[C@H](C)c1ccccc1F. The van der Waals surface area contributed by atoms with Crippen LogP contribution in [0.5, 0.6) is 0 Å². The number of amides is 1. The zero-order valence-electron chi connectivity index (χ0n) is 12.2. The van der Waals surface area contributed by atoms with Gasteiger partial charge >= 0.3 is 0 Å². The molecule has 3 N–H and O–H groups in total. The largest absolute Gasteiger partial charge is 0.366 e. The molecule has 0 aromatic heterocycles. The minimum Gasteiger partial charge on any atom is -0.366 e. The van der Waals surface area contributed by atoms with Gasteiger partial charge in [-0.1, -0.05) is 24.3 Å². The highest BCUT2D eigenvalue weighted by Gasteiger charge is 2.10. The first-order valence-electron chi connectivity index (χ1n) is 6.86. The van der Waals surface area contributed by atoms with Gasteiger partial charge in [-0.15, -0.1) is 0 Å². The lowest BCUT2D eigenvalue weighted by molar-refractivity contribution is 0.1000. The first-order chi connectivity index (χ1) is 9.99. The first-order valence-corrected chi connectivity index (χ1v) is 6.86. The Labute approximate surface area is 124 Å². The fourth-order valence-corrected chi connectivity index (χ4v) is 2.25. The molecule has 0 bridgehead atoms. The van der Waals surface area contributed by atoms with Gasteiger partial charge in [0.1, 0.15) is 5.82 Å². The molecule has 4 heteroatoms.